The van der Waals surface area contributed by atoms with Gasteiger partial charge in [0.2, 0.25) is 0 Å². The molecule has 0 radical (unpaired) electrons. The number of aliphatic hydroxyl groups is 1. The van der Waals surface area contributed by atoms with Crippen LogP contribution in [-0.2, 0) is 0 Å². The zero-order valence-corrected chi connectivity index (χ0v) is 9.30. The van der Waals surface area contributed by atoms with E-state index >= 15 is 0 Å². The Balaban J connectivity index is 2.74. The third kappa shape index (κ3) is 2.14. The van der Waals surface area contributed by atoms with Gasteiger partial charge in [-0.1, -0.05) is 39.3 Å². The molecule has 0 amide bonds. The normalized spacial score (nSPS) is 34.9. The van der Waals surface area contributed by atoms with Gasteiger partial charge in [0, 0.05) is 6.61 Å². The van der Waals surface area contributed by atoms with E-state index in [0.29, 0.717) is 18.4 Å². The van der Waals surface area contributed by atoms with Crippen LogP contribution in [0, 0.1) is 17.3 Å². The van der Waals surface area contributed by atoms with Crippen LogP contribution >= 0.6 is 0 Å². The maximum atomic E-state index is 9.32. The van der Waals surface area contributed by atoms with Gasteiger partial charge in [0.1, 0.15) is 0 Å². The third-order valence-electron chi connectivity index (χ3n) is 3.66. The smallest absolute Gasteiger partial charge is 0.0490 e. The number of hydrogen-bond donors (Lipinski definition) is 1. The van der Waals surface area contributed by atoms with Gasteiger partial charge in [-0.15, -0.1) is 0 Å². The van der Waals surface area contributed by atoms with Crippen molar-refractivity contribution in [1.29, 1.82) is 0 Å². The lowest BCUT2D eigenvalue weighted by molar-refractivity contribution is 0.0809. The standard InChI is InChI=1S/C12H22O/c1-9(2)11-5-6-12(4,8-13)10(3)7-11/h5,9-10,13H,6-8H2,1-4H3. The van der Waals surface area contributed by atoms with Crippen LogP contribution in [0.5, 0.6) is 0 Å². The number of allylic oxidation sites excluding steroid dienone is 2. The summed E-state index contributed by atoms with van der Waals surface area (Å²) >= 11 is 0. The van der Waals surface area contributed by atoms with Gasteiger partial charge in [0.15, 0.2) is 0 Å². The lowest BCUT2D eigenvalue weighted by atomic mass is 9.68. The summed E-state index contributed by atoms with van der Waals surface area (Å²) in [5, 5.41) is 9.32. The highest BCUT2D eigenvalue weighted by Gasteiger charge is 2.33. The minimum absolute atomic E-state index is 0.123. The van der Waals surface area contributed by atoms with Gasteiger partial charge in [-0.25, -0.2) is 0 Å². The van der Waals surface area contributed by atoms with Crippen LogP contribution in [0.3, 0.4) is 0 Å². The Bertz CT molecular complexity index is 205. The summed E-state index contributed by atoms with van der Waals surface area (Å²) < 4.78 is 0. The highest BCUT2D eigenvalue weighted by molar-refractivity contribution is 5.12. The molecule has 2 atom stereocenters. The molecule has 0 heterocycles. The first-order valence-electron chi connectivity index (χ1n) is 5.29. The molecule has 0 aliphatic heterocycles. The van der Waals surface area contributed by atoms with E-state index in [4.69, 9.17) is 0 Å². The van der Waals surface area contributed by atoms with Crippen molar-refractivity contribution in [1.82, 2.24) is 0 Å². The Labute approximate surface area is 81.9 Å². The number of rotatable bonds is 2. The van der Waals surface area contributed by atoms with Crippen molar-refractivity contribution in [3.05, 3.63) is 11.6 Å². The van der Waals surface area contributed by atoms with Crippen molar-refractivity contribution in [3.63, 3.8) is 0 Å². The van der Waals surface area contributed by atoms with Gasteiger partial charge in [-0.3, -0.25) is 0 Å². The maximum absolute atomic E-state index is 9.32. The molecule has 0 spiro atoms. The van der Waals surface area contributed by atoms with Crippen LogP contribution in [0.2, 0.25) is 0 Å². The second kappa shape index (κ2) is 3.83. The van der Waals surface area contributed by atoms with Crippen LogP contribution in [0.25, 0.3) is 0 Å². The van der Waals surface area contributed by atoms with Crippen molar-refractivity contribution in [2.45, 2.75) is 40.5 Å². The molecule has 0 aromatic heterocycles. The van der Waals surface area contributed by atoms with Gasteiger partial charge >= 0.3 is 0 Å². The number of aliphatic hydroxyl groups excluding tert-OH is 1. The maximum Gasteiger partial charge on any atom is 0.0490 e. The van der Waals surface area contributed by atoms with Crippen molar-refractivity contribution >= 4 is 0 Å². The van der Waals surface area contributed by atoms with Crippen LogP contribution in [-0.4, -0.2) is 11.7 Å². The second-order valence-electron chi connectivity index (χ2n) is 5.06. The summed E-state index contributed by atoms with van der Waals surface area (Å²) in [5.41, 5.74) is 1.69. The topological polar surface area (TPSA) is 20.2 Å². The zero-order valence-electron chi connectivity index (χ0n) is 9.30. The molecule has 1 rings (SSSR count). The van der Waals surface area contributed by atoms with Crippen molar-refractivity contribution in [2.24, 2.45) is 17.3 Å². The first-order chi connectivity index (χ1) is 5.99. The molecule has 0 aromatic carbocycles. The molecule has 1 heteroatoms. The summed E-state index contributed by atoms with van der Waals surface area (Å²) in [5.74, 6) is 1.28. The minimum Gasteiger partial charge on any atom is -0.396 e. The Morgan fingerprint density at radius 3 is 2.62 bits per heavy atom. The van der Waals surface area contributed by atoms with E-state index in [0.717, 1.165) is 12.8 Å². The van der Waals surface area contributed by atoms with E-state index in [9.17, 15) is 5.11 Å². The molecule has 1 N–H and O–H groups in total. The summed E-state index contributed by atoms with van der Waals surface area (Å²) in [6.07, 6.45) is 4.54. The number of hydrogen-bond acceptors (Lipinski definition) is 1. The van der Waals surface area contributed by atoms with E-state index in [1.165, 1.54) is 0 Å². The highest BCUT2D eigenvalue weighted by Crippen LogP contribution is 2.41. The average Bonchev–Trinajstić information content (AvgIpc) is 2.09. The summed E-state index contributed by atoms with van der Waals surface area (Å²) in [4.78, 5) is 0. The molecule has 0 saturated carbocycles. The van der Waals surface area contributed by atoms with Crippen molar-refractivity contribution in [3.8, 4) is 0 Å². The molecule has 13 heavy (non-hydrogen) atoms. The SMILES string of the molecule is CC(C)C1=CCC(C)(CO)C(C)C1. The van der Waals surface area contributed by atoms with E-state index in [2.05, 4.69) is 33.8 Å². The summed E-state index contributed by atoms with van der Waals surface area (Å²) in [6.45, 7) is 9.26. The Morgan fingerprint density at radius 2 is 2.23 bits per heavy atom. The van der Waals surface area contributed by atoms with Gasteiger partial charge in [-0.2, -0.15) is 0 Å². The molecule has 0 bridgehead atoms. The van der Waals surface area contributed by atoms with E-state index < -0.39 is 0 Å². The van der Waals surface area contributed by atoms with Crippen molar-refractivity contribution < 1.29 is 5.11 Å². The fourth-order valence-electron chi connectivity index (χ4n) is 1.94. The molecule has 0 fully saturated rings. The lowest BCUT2D eigenvalue weighted by Crippen LogP contribution is -2.32. The molecular weight excluding hydrogens is 160 g/mol. The summed E-state index contributed by atoms with van der Waals surface area (Å²) in [6, 6.07) is 0. The summed E-state index contributed by atoms with van der Waals surface area (Å²) in [7, 11) is 0. The highest BCUT2D eigenvalue weighted by atomic mass is 16.3. The van der Waals surface area contributed by atoms with E-state index in [1.807, 2.05) is 0 Å². The minimum atomic E-state index is 0.123. The quantitative estimate of drug-likeness (QED) is 0.651. The molecule has 76 valence electrons. The predicted octanol–water partition coefficient (Wildman–Crippen LogP) is 3.00. The zero-order chi connectivity index (χ0) is 10.1. The van der Waals surface area contributed by atoms with Gasteiger partial charge in [0.25, 0.3) is 0 Å². The van der Waals surface area contributed by atoms with Gasteiger partial charge in [-0.05, 0) is 30.1 Å². The predicted molar refractivity (Wildman–Crippen MR) is 56.5 cm³/mol. The molecule has 1 aliphatic carbocycles. The molecule has 0 aromatic rings. The van der Waals surface area contributed by atoms with Crippen LogP contribution in [0.4, 0.5) is 0 Å². The van der Waals surface area contributed by atoms with Crippen LogP contribution in [0.1, 0.15) is 40.5 Å². The fourth-order valence-corrected chi connectivity index (χ4v) is 1.94. The Kier molecular flexibility index (Phi) is 3.18. The molecular formula is C12H22O. The van der Waals surface area contributed by atoms with Crippen LogP contribution < -0.4 is 0 Å². The first kappa shape index (κ1) is 10.8. The largest absolute Gasteiger partial charge is 0.396 e. The van der Waals surface area contributed by atoms with Gasteiger partial charge in [0.05, 0.1) is 0 Å². The Morgan fingerprint density at radius 1 is 1.62 bits per heavy atom. The molecule has 1 nitrogen and oxygen atoms in total. The monoisotopic (exact) mass is 182 g/mol. The van der Waals surface area contributed by atoms with Crippen LogP contribution in [0.15, 0.2) is 11.6 Å². The van der Waals surface area contributed by atoms with Crippen molar-refractivity contribution in [2.75, 3.05) is 6.61 Å². The molecule has 1 aliphatic rings. The second-order valence-corrected chi connectivity index (χ2v) is 5.06. The average molecular weight is 182 g/mol. The Hall–Kier alpha value is -0.300. The first-order valence-corrected chi connectivity index (χ1v) is 5.29. The van der Waals surface area contributed by atoms with E-state index in [1.54, 1.807) is 5.57 Å². The van der Waals surface area contributed by atoms with E-state index in [-0.39, 0.29) is 5.41 Å². The molecule has 2 unspecified atom stereocenters. The lowest BCUT2D eigenvalue weighted by Gasteiger charge is -2.38. The third-order valence-corrected chi connectivity index (χ3v) is 3.66. The molecule has 0 saturated heterocycles. The van der Waals surface area contributed by atoms with Gasteiger partial charge < -0.3 is 5.11 Å². The fraction of sp³-hybridized carbons (Fsp3) is 0.833.